The van der Waals surface area contributed by atoms with Crippen molar-refractivity contribution < 1.29 is 19.7 Å². The molecule has 0 amide bonds. The van der Waals surface area contributed by atoms with Crippen LogP contribution in [0.15, 0.2) is 72.8 Å². The van der Waals surface area contributed by atoms with E-state index in [0.717, 1.165) is 11.1 Å². The highest BCUT2D eigenvalue weighted by molar-refractivity contribution is 5.15. The van der Waals surface area contributed by atoms with Crippen molar-refractivity contribution in [3.8, 4) is 0 Å². The molecular formula is C21H24O4. The van der Waals surface area contributed by atoms with E-state index >= 15 is 0 Å². The molecule has 0 aliphatic heterocycles. The highest BCUT2D eigenvalue weighted by Crippen LogP contribution is 2.25. The summed E-state index contributed by atoms with van der Waals surface area (Å²) < 4.78 is 12.0. The topological polar surface area (TPSA) is 58.9 Å². The van der Waals surface area contributed by atoms with Gasteiger partial charge < -0.3 is 19.7 Å². The van der Waals surface area contributed by atoms with Crippen LogP contribution in [0.5, 0.6) is 0 Å². The van der Waals surface area contributed by atoms with E-state index in [4.69, 9.17) is 9.47 Å². The lowest BCUT2D eigenvalue weighted by atomic mass is 9.89. The molecule has 0 saturated heterocycles. The van der Waals surface area contributed by atoms with Crippen LogP contribution in [0.4, 0.5) is 0 Å². The summed E-state index contributed by atoms with van der Waals surface area (Å²) >= 11 is 0. The summed E-state index contributed by atoms with van der Waals surface area (Å²) in [6, 6.07) is 19.7. The standard InChI is InChI=1S/C21H24O4/c22-13-18-11-12-19(24-14-16-7-3-1-4-8-16)21(20(18)23)25-15-17-9-5-2-6-10-17/h1-12,18-23H,13-15H2. The predicted molar refractivity (Wildman–Crippen MR) is 95.8 cm³/mol. The molecule has 0 aromatic heterocycles. The molecule has 0 saturated carbocycles. The Kier molecular flexibility index (Phi) is 6.36. The zero-order chi connectivity index (χ0) is 17.5. The van der Waals surface area contributed by atoms with Crippen LogP contribution in [-0.2, 0) is 22.7 Å². The van der Waals surface area contributed by atoms with E-state index in [9.17, 15) is 10.2 Å². The molecule has 0 spiro atoms. The first-order valence-corrected chi connectivity index (χ1v) is 8.56. The molecule has 4 atom stereocenters. The third-order valence-electron chi connectivity index (χ3n) is 4.43. The minimum absolute atomic E-state index is 0.117. The Morgan fingerprint density at radius 2 is 1.32 bits per heavy atom. The normalized spacial score (nSPS) is 25.8. The van der Waals surface area contributed by atoms with Gasteiger partial charge in [0.15, 0.2) is 0 Å². The highest BCUT2D eigenvalue weighted by Gasteiger charge is 2.36. The number of hydrogen-bond donors (Lipinski definition) is 2. The molecule has 0 bridgehead atoms. The summed E-state index contributed by atoms with van der Waals surface area (Å²) in [5.41, 5.74) is 2.10. The molecule has 0 heterocycles. The van der Waals surface area contributed by atoms with Crippen molar-refractivity contribution in [2.45, 2.75) is 31.5 Å². The predicted octanol–water partition coefficient (Wildman–Crippen LogP) is 2.70. The molecule has 2 N–H and O–H groups in total. The lowest BCUT2D eigenvalue weighted by Crippen LogP contribution is -2.47. The minimum Gasteiger partial charge on any atom is -0.396 e. The van der Waals surface area contributed by atoms with Crippen LogP contribution in [0.1, 0.15) is 11.1 Å². The molecule has 25 heavy (non-hydrogen) atoms. The summed E-state index contributed by atoms with van der Waals surface area (Å²) in [6.45, 7) is 0.714. The molecule has 3 rings (SSSR count). The van der Waals surface area contributed by atoms with Crippen LogP contribution < -0.4 is 0 Å². The fraction of sp³-hybridized carbons (Fsp3) is 0.333. The molecule has 2 aromatic rings. The van der Waals surface area contributed by atoms with E-state index in [-0.39, 0.29) is 18.6 Å². The van der Waals surface area contributed by atoms with Gasteiger partial charge in [-0.15, -0.1) is 0 Å². The van der Waals surface area contributed by atoms with Gasteiger partial charge in [-0.25, -0.2) is 0 Å². The fourth-order valence-corrected chi connectivity index (χ4v) is 2.96. The zero-order valence-corrected chi connectivity index (χ0v) is 14.1. The van der Waals surface area contributed by atoms with Crippen LogP contribution in [0, 0.1) is 5.92 Å². The van der Waals surface area contributed by atoms with Crippen LogP contribution in [0.2, 0.25) is 0 Å². The van der Waals surface area contributed by atoms with Crippen LogP contribution in [-0.4, -0.2) is 35.1 Å². The lowest BCUT2D eigenvalue weighted by Gasteiger charge is -2.35. The smallest absolute Gasteiger partial charge is 0.114 e. The van der Waals surface area contributed by atoms with E-state index in [1.54, 1.807) is 0 Å². The first kappa shape index (κ1) is 17.8. The quantitative estimate of drug-likeness (QED) is 0.761. The molecular weight excluding hydrogens is 316 g/mol. The van der Waals surface area contributed by atoms with Gasteiger partial charge in [0.25, 0.3) is 0 Å². The van der Waals surface area contributed by atoms with Gasteiger partial charge in [0, 0.05) is 5.92 Å². The average molecular weight is 340 g/mol. The average Bonchev–Trinajstić information content (AvgIpc) is 2.67. The number of hydrogen-bond acceptors (Lipinski definition) is 4. The Bertz CT molecular complexity index is 656. The molecule has 4 unspecified atom stereocenters. The second-order valence-corrected chi connectivity index (χ2v) is 6.24. The molecule has 4 nitrogen and oxygen atoms in total. The molecule has 0 fully saturated rings. The monoisotopic (exact) mass is 340 g/mol. The van der Waals surface area contributed by atoms with Crippen LogP contribution in [0.25, 0.3) is 0 Å². The lowest BCUT2D eigenvalue weighted by molar-refractivity contribution is -0.135. The first-order valence-electron chi connectivity index (χ1n) is 8.56. The summed E-state index contributed by atoms with van der Waals surface area (Å²) in [7, 11) is 0. The SMILES string of the molecule is OCC1C=CC(OCc2ccccc2)C(OCc2ccccc2)C1O. The van der Waals surface area contributed by atoms with Gasteiger partial charge in [-0.2, -0.15) is 0 Å². The second-order valence-electron chi connectivity index (χ2n) is 6.24. The van der Waals surface area contributed by atoms with Crippen molar-refractivity contribution >= 4 is 0 Å². The van der Waals surface area contributed by atoms with Gasteiger partial charge in [0.2, 0.25) is 0 Å². The third-order valence-corrected chi connectivity index (χ3v) is 4.43. The summed E-state index contributed by atoms with van der Waals surface area (Å²) in [4.78, 5) is 0. The Labute approximate surface area is 148 Å². The highest BCUT2D eigenvalue weighted by atomic mass is 16.5. The van der Waals surface area contributed by atoms with Gasteiger partial charge in [0.05, 0.1) is 25.9 Å². The van der Waals surface area contributed by atoms with Crippen molar-refractivity contribution in [1.29, 1.82) is 0 Å². The summed E-state index contributed by atoms with van der Waals surface area (Å²) in [5, 5.41) is 20.0. The fourth-order valence-electron chi connectivity index (χ4n) is 2.96. The largest absolute Gasteiger partial charge is 0.396 e. The molecule has 1 aliphatic carbocycles. The van der Waals surface area contributed by atoms with Crippen LogP contribution in [0.3, 0.4) is 0 Å². The first-order chi connectivity index (χ1) is 12.3. The Morgan fingerprint density at radius 1 is 0.760 bits per heavy atom. The Hall–Kier alpha value is -1.98. The van der Waals surface area contributed by atoms with Gasteiger partial charge >= 0.3 is 0 Å². The van der Waals surface area contributed by atoms with Crippen LogP contribution >= 0.6 is 0 Å². The van der Waals surface area contributed by atoms with Crippen molar-refractivity contribution in [3.05, 3.63) is 83.9 Å². The van der Waals surface area contributed by atoms with E-state index < -0.39 is 12.2 Å². The second kappa shape index (κ2) is 8.92. The third kappa shape index (κ3) is 4.77. The van der Waals surface area contributed by atoms with Gasteiger partial charge in [-0.1, -0.05) is 72.8 Å². The molecule has 1 aliphatic rings. The maximum atomic E-state index is 10.6. The van der Waals surface area contributed by atoms with E-state index in [1.165, 1.54) is 0 Å². The van der Waals surface area contributed by atoms with Crippen molar-refractivity contribution in [2.75, 3.05) is 6.61 Å². The number of benzene rings is 2. The zero-order valence-electron chi connectivity index (χ0n) is 14.1. The summed E-state index contributed by atoms with van der Waals surface area (Å²) in [6.07, 6.45) is 2.00. The number of aliphatic hydroxyl groups excluding tert-OH is 2. The number of aliphatic hydroxyl groups is 2. The van der Waals surface area contributed by atoms with Crippen molar-refractivity contribution in [1.82, 2.24) is 0 Å². The van der Waals surface area contributed by atoms with Gasteiger partial charge in [0.1, 0.15) is 12.2 Å². The maximum absolute atomic E-state index is 10.6. The van der Waals surface area contributed by atoms with Crippen molar-refractivity contribution in [3.63, 3.8) is 0 Å². The van der Waals surface area contributed by atoms with E-state index in [2.05, 4.69) is 0 Å². The van der Waals surface area contributed by atoms with Gasteiger partial charge in [-0.05, 0) is 11.1 Å². The molecule has 4 heteroatoms. The molecule has 132 valence electrons. The minimum atomic E-state index is -0.806. The van der Waals surface area contributed by atoms with Gasteiger partial charge in [-0.3, -0.25) is 0 Å². The molecule has 2 aromatic carbocycles. The number of ether oxygens (including phenoxy) is 2. The Balaban J connectivity index is 1.66. The van der Waals surface area contributed by atoms with E-state index in [0.29, 0.717) is 13.2 Å². The van der Waals surface area contributed by atoms with E-state index in [1.807, 2.05) is 72.8 Å². The Morgan fingerprint density at radius 3 is 1.88 bits per heavy atom. The summed E-state index contributed by atoms with van der Waals surface area (Å²) in [5.74, 6) is -0.336. The maximum Gasteiger partial charge on any atom is 0.114 e. The van der Waals surface area contributed by atoms with Crippen molar-refractivity contribution in [2.24, 2.45) is 5.92 Å². The molecule has 0 radical (unpaired) electrons. The number of rotatable bonds is 7.